The van der Waals surface area contributed by atoms with Crippen molar-refractivity contribution in [3.05, 3.63) is 24.2 Å². The summed E-state index contributed by atoms with van der Waals surface area (Å²) in [6.07, 6.45) is 4.40. The lowest BCUT2D eigenvalue weighted by Crippen LogP contribution is -2.47. The van der Waals surface area contributed by atoms with Gasteiger partial charge in [0.1, 0.15) is 18.4 Å². The molecule has 6 heteroatoms. The molecule has 0 aliphatic carbocycles. The molecule has 1 saturated heterocycles. The highest BCUT2D eigenvalue weighted by molar-refractivity contribution is 5.88. The smallest absolute Gasteiger partial charge is 0.242 e. The standard InChI is InChI=1S/C16H24N2O4/c1-2-14(18-9-3-7-15(18)19)16(20)17-8-5-10-21-12-13-6-4-11-22-13/h4,6,11,14H,2-3,5,7-10,12H2,1H3,(H,17,20)/t14-/m0/s1. The SMILES string of the molecule is CC[C@@H](C(=O)NCCCOCc1ccco1)N1CCCC1=O. The fourth-order valence-electron chi connectivity index (χ4n) is 2.62. The zero-order valence-corrected chi connectivity index (χ0v) is 13.0. The van der Waals surface area contributed by atoms with E-state index in [1.54, 1.807) is 11.2 Å². The molecule has 1 fully saturated rings. The highest BCUT2D eigenvalue weighted by Crippen LogP contribution is 2.15. The van der Waals surface area contributed by atoms with Crippen LogP contribution in [0.15, 0.2) is 22.8 Å². The summed E-state index contributed by atoms with van der Waals surface area (Å²) in [6.45, 7) is 4.18. The van der Waals surface area contributed by atoms with E-state index in [4.69, 9.17) is 9.15 Å². The molecule has 2 rings (SSSR count). The van der Waals surface area contributed by atoms with Gasteiger partial charge in [0, 0.05) is 26.1 Å². The third-order valence-corrected chi connectivity index (χ3v) is 3.76. The van der Waals surface area contributed by atoms with Gasteiger partial charge in [-0.2, -0.15) is 0 Å². The summed E-state index contributed by atoms with van der Waals surface area (Å²) in [4.78, 5) is 25.6. The van der Waals surface area contributed by atoms with Crippen LogP contribution in [-0.2, 0) is 20.9 Å². The van der Waals surface area contributed by atoms with Gasteiger partial charge in [0.2, 0.25) is 11.8 Å². The molecular weight excluding hydrogens is 284 g/mol. The van der Waals surface area contributed by atoms with E-state index in [2.05, 4.69) is 5.32 Å². The Labute approximate surface area is 130 Å². The second kappa shape index (κ2) is 8.58. The molecular formula is C16H24N2O4. The Bertz CT molecular complexity index is 473. The van der Waals surface area contributed by atoms with Gasteiger partial charge in [-0.25, -0.2) is 0 Å². The van der Waals surface area contributed by atoms with Crippen LogP contribution in [0.4, 0.5) is 0 Å². The van der Waals surface area contributed by atoms with E-state index in [1.165, 1.54) is 0 Å². The Kier molecular flexibility index (Phi) is 6.45. The lowest BCUT2D eigenvalue weighted by molar-refractivity contribution is -0.137. The lowest BCUT2D eigenvalue weighted by atomic mass is 10.2. The number of nitrogens with zero attached hydrogens (tertiary/aromatic N) is 1. The minimum absolute atomic E-state index is 0.0659. The van der Waals surface area contributed by atoms with Crippen LogP contribution >= 0.6 is 0 Å². The number of nitrogens with one attached hydrogen (secondary N) is 1. The monoisotopic (exact) mass is 308 g/mol. The van der Waals surface area contributed by atoms with Gasteiger partial charge in [0.05, 0.1) is 6.26 Å². The van der Waals surface area contributed by atoms with E-state index >= 15 is 0 Å². The Hall–Kier alpha value is -1.82. The molecule has 1 aromatic rings. The first-order valence-electron chi connectivity index (χ1n) is 7.89. The summed E-state index contributed by atoms with van der Waals surface area (Å²) in [5.74, 6) is 0.815. The van der Waals surface area contributed by atoms with Crippen molar-refractivity contribution < 1.29 is 18.7 Å². The van der Waals surface area contributed by atoms with Crippen molar-refractivity contribution in [2.24, 2.45) is 0 Å². The van der Waals surface area contributed by atoms with Crippen molar-refractivity contribution in [3.63, 3.8) is 0 Å². The number of rotatable bonds is 9. The second-order valence-electron chi connectivity index (χ2n) is 5.39. The van der Waals surface area contributed by atoms with Crippen molar-refractivity contribution in [1.82, 2.24) is 10.2 Å². The van der Waals surface area contributed by atoms with Gasteiger partial charge >= 0.3 is 0 Å². The van der Waals surface area contributed by atoms with Gasteiger partial charge in [0.25, 0.3) is 0 Å². The molecule has 0 saturated carbocycles. The zero-order valence-electron chi connectivity index (χ0n) is 13.0. The zero-order chi connectivity index (χ0) is 15.8. The first kappa shape index (κ1) is 16.5. The molecule has 2 heterocycles. The third-order valence-electron chi connectivity index (χ3n) is 3.76. The van der Waals surface area contributed by atoms with Crippen molar-refractivity contribution in [2.45, 2.75) is 45.3 Å². The van der Waals surface area contributed by atoms with Crippen LogP contribution in [0.3, 0.4) is 0 Å². The van der Waals surface area contributed by atoms with Crippen LogP contribution in [0.2, 0.25) is 0 Å². The van der Waals surface area contributed by atoms with Gasteiger partial charge in [0.15, 0.2) is 0 Å². The second-order valence-corrected chi connectivity index (χ2v) is 5.39. The van der Waals surface area contributed by atoms with Crippen LogP contribution < -0.4 is 5.32 Å². The number of furan rings is 1. The van der Waals surface area contributed by atoms with Gasteiger partial charge in [-0.05, 0) is 31.4 Å². The number of hydrogen-bond donors (Lipinski definition) is 1. The molecule has 1 aromatic heterocycles. The van der Waals surface area contributed by atoms with E-state index in [1.807, 2.05) is 19.1 Å². The molecule has 0 unspecified atom stereocenters. The van der Waals surface area contributed by atoms with Crippen LogP contribution in [0.25, 0.3) is 0 Å². The lowest BCUT2D eigenvalue weighted by Gasteiger charge is -2.25. The molecule has 0 spiro atoms. The van der Waals surface area contributed by atoms with E-state index in [-0.39, 0.29) is 17.9 Å². The average molecular weight is 308 g/mol. The minimum atomic E-state index is -0.334. The van der Waals surface area contributed by atoms with Crippen molar-refractivity contribution in [2.75, 3.05) is 19.7 Å². The van der Waals surface area contributed by atoms with Crippen molar-refractivity contribution in [1.29, 1.82) is 0 Å². The van der Waals surface area contributed by atoms with Crippen LogP contribution in [0.1, 0.15) is 38.4 Å². The molecule has 22 heavy (non-hydrogen) atoms. The topological polar surface area (TPSA) is 71.8 Å². The van der Waals surface area contributed by atoms with Crippen LogP contribution in [0.5, 0.6) is 0 Å². The van der Waals surface area contributed by atoms with E-state index in [0.717, 1.165) is 18.6 Å². The third kappa shape index (κ3) is 4.59. The maximum atomic E-state index is 12.2. The predicted octanol–water partition coefficient (Wildman–Crippen LogP) is 1.70. The quantitative estimate of drug-likeness (QED) is 0.705. The van der Waals surface area contributed by atoms with Gasteiger partial charge in [-0.15, -0.1) is 0 Å². The van der Waals surface area contributed by atoms with E-state index < -0.39 is 0 Å². The van der Waals surface area contributed by atoms with Crippen molar-refractivity contribution in [3.8, 4) is 0 Å². The first-order valence-corrected chi connectivity index (χ1v) is 7.89. The largest absolute Gasteiger partial charge is 0.467 e. The number of ether oxygens (including phenoxy) is 1. The normalized spacial score (nSPS) is 16.0. The molecule has 6 nitrogen and oxygen atoms in total. The molecule has 0 radical (unpaired) electrons. The van der Waals surface area contributed by atoms with Gasteiger partial charge in [-0.1, -0.05) is 6.92 Å². The number of likely N-dealkylation sites (tertiary alicyclic amines) is 1. The Morgan fingerprint density at radius 1 is 1.55 bits per heavy atom. The summed E-state index contributed by atoms with van der Waals surface area (Å²) >= 11 is 0. The summed E-state index contributed by atoms with van der Waals surface area (Å²) in [6, 6.07) is 3.35. The Balaban J connectivity index is 1.61. The summed E-state index contributed by atoms with van der Waals surface area (Å²) in [5.41, 5.74) is 0. The number of hydrogen-bond acceptors (Lipinski definition) is 4. The first-order chi connectivity index (χ1) is 10.7. The maximum Gasteiger partial charge on any atom is 0.242 e. The summed E-state index contributed by atoms with van der Waals surface area (Å²) in [7, 11) is 0. The molecule has 0 aromatic carbocycles. The maximum absolute atomic E-state index is 12.2. The van der Waals surface area contributed by atoms with E-state index in [0.29, 0.717) is 39.1 Å². The molecule has 1 atom stereocenters. The molecule has 1 aliphatic rings. The molecule has 2 amide bonds. The molecule has 122 valence electrons. The summed E-state index contributed by atoms with van der Waals surface area (Å²) in [5, 5.41) is 2.89. The van der Waals surface area contributed by atoms with E-state index in [9.17, 15) is 9.59 Å². The minimum Gasteiger partial charge on any atom is -0.467 e. The fourth-order valence-corrected chi connectivity index (χ4v) is 2.62. The highest BCUT2D eigenvalue weighted by Gasteiger charge is 2.31. The summed E-state index contributed by atoms with van der Waals surface area (Å²) < 4.78 is 10.6. The molecule has 0 bridgehead atoms. The van der Waals surface area contributed by atoms with Crippen LogP contribution in [-0.4, -0.2) is 42.5 Å². The molecule has 1 N–H and O–H groups in total. The average Bonchev–Trinajstić information content (AvgIpc) is 3.16. The number of carbonyl (C=O) groups excluding carboxylic acids is 2. The van der Waals surface area contributed by atoms with Gasteiger partial charge < -0.3 is 19.4 Å². The highest BCUT2D eigenvalue weighted by atomic mass is 16.5. The molecule has 1 aliphatic heterocycles. The predicted molar refractivity (Wildman–Crippen MR) is 81.0 cm³/mol. The Morgan fingerprint density at radius 3 is 3.05 bits per heavy atom. The number of amides is 2. The van der Waals surface area contributed by atoms with Crippen molar-refractivity contribution >= 4 is 11.8 Å². The fraction of sp³-hybridized carbons (Fsp3) is 0.625. The Morgan fingerprint density at radius 2 is 2.41 bits per heavy atom. The number of carbonyl (C=O) groups is 2. The van der Waals surface area contributed by atoms with Crippen LogP contribution in [0, 0.1) is 0 Å². The van der Waals surface area contributed by atoms with Gasteiger partial charge in [-0.3, -0.25) is 9.59 Å².